The first-order chi connectivity index (χ1) is 11.0. The van der Waals surface area contributed by atoms with E-state index in [4.69, 9.17) is 4.42 Å². The maximum Gasteiger partial charge on any atom is 0.253 e. The molecule has 1 saturated carbocycles. The van der Waals surface area contributed by atoms with E-state index in [0.717, 1.165) is 18.6 Å². The molecule has 0 atom stereocenters. The van der Waals surface area contributed by atoms with Crippen LogP contribution >= 0.6 is 0 Å². The number of rotatable bonds is 7. The maximum absolute atomic E-state index is 11.9. The zero-order valence-electron chi connectivity index (χ0n) is 13.6. The molecule has 2 aromatic rings. The Morgan fingerprint density at radius 1 is 1.13 bits per heavy atom. The van der Waals surface area contributed by atoms with E-state index in [1.165, 1.54) is 12.8 Å². The predicted molar refractivity (Wildman–Crippen MR) is 90.8 cm³/mol. The molecule has 124 valence electrons. The normalized spacial score (nSPS) is 17.0. The number of nitrogens with one attached hydrogen (secondary N) is 2. The summed E-state index contributed by atoms with van der Waals surface area (Å²) in [7, 11) is 4.15. The Kier molecular flexibility index (Phi) is 4.26. The zero-order chi connectivity index (χ0) is 16.4. The van der Waals surface area contributed by atoms with E-state index in [0.29, 0.717) is 24.5 Å². The number of hydrogen-bond donors (Lipinski definition) is 2. The van der Waals surface area contributed by atoms with Crippen molar-refractivity contribution < 1.29 is 4.42 Å². The number of anilines is 2. The molecule has 23 heavy (non-hydrogen) atoms. The van der Waals surface area contributed by atoms with Gasteiger partial charge in [-0.25, -0.2) is 0 Å². The third-order valence-corrected chi connectivity index (χ3v) is 5.01. The van der Waals surface area contributed by atoms with Gasteiger partial charge in [-0.15, -0.1) is 0 Å². The lowest BCUT2D eigenvalue weighted by atomic mass is 9.95. The molecular formula is C17H23N3O3. The van der Waals surface area contributed by atoms with Crippen molar-refractivity contribution in [3.05, 3.63) is 44.6 Å². The third-order valence-electron chi connectivity index (χ3n) is 5.01. The number of furan rings is 1. The average molecular weight is 317 g/mol. The fourth-order valence-electron chi connectivity index (χ4n) is 3.39. The first-order valence-corrected chi connectivity index (χ1v) is 8.04. The van der Waals surface area contributed by atoms with Gasteiger partial charge in [0.05, 0.1) is 12.8 Å². The van der Waals surface area contributed by atoms with Crippen molar-refractivity contribution in [1.29, 1.82) is 0 Å². The lowest BCUT2D eigenvalue weighted by Gasteiger charge is -2.37. The van der Waals surface area contributed by atoms with E-state index in [1.807, 2.05) is 6.07 Å². The molecule has 3 rings (SSSR count). The molecule has 0 amide bonds. The van der Waals surface area contributed by atoms with Crippen molar-refractivity contribution in [2.75, 3.05) is 31.3 Å². The fraction of sp³-hybridized carbons (Fsp3) is 0.529. The minimum Gasteiger partial charge on any atom is -0.467 e. The standard InChI is InChI=1S/C17H23N3O3/c1-20(2)17(7-3-4-8-17)11-19-14-13(15(21)16(14)22)18-10-12-6-5-9-23-12/h5-6,9,18-19H,3-4,7-8,10-11H2,1-2H3. The number of likely N-dealkylation sites (N-methyl/N-ethyl adjacent to an activating group) is 1. The van der Waals surface area contributed by atoms with E-state index in [1.54, 1.807) is 12.3 Å². The van der Waals surface area contributed by atoms with Gasteiger partial charge in [0.25, 0.3) is 10.9 Å². The Balaban J connectivity index is 1.67. The first kappa shape index (κ1) is 15.8. The highest BCUT2D eigenvalue weighted by atomic mass is 16.3. The van der Waals surface area contributed by atoms with Crippen LogP contribution in [0.15, 0.2) is 32.4 Å². The van der Waals surface area contributed by atoms with E-state index in [9.17, 15) is 9.59 Å². The van der Waals surface area contributed by atoms with E-state index in [-0.39, 0.29) is 5.54 Å². The van der Waals surface area contributed by atoms with Gasteiger partial charge in [-0.1, -0.05) is 12.8 Å². The molecule has 6 heteroatoms. The molecule has 0 radical (unpaired) electrons. The number of hydrogen-bond acceptors (Lipinski definition) is 6. The Morgan fingerprint density at radius 2 is 1.78 bits per heavy atom. The predicted octanol–water partition coefficient (Wildman–Crippen LogP) is 1.77. The quantitative estimate of drug-likeness (QED) is 0.758. The molecule has 0 spiro atoms. The Hall–Kier alpha value is -2.08. The van der Waals surface area contributed by atoms with Gasteiger partial charge in [0.2, 0.25) is 0 Å². The summed E-state index contributed by atoms with van der Waals surface area (Å²) in [5.74, 6) is 0.726. The lowest BCUT2D eigenvalue weighted by Crippen LogP contribution is -2.49. The van der Waals surface area contributed by atoms with Crippen LogP contribution in [0.5, 0.6) is 0 Å². The largest absolute Gasteiger partial charge is 0.467 e. The van der Waals surface area contributed by atoms with Crippen LogP contribution in [0.2, 0.25) is 0 Å². The molecule has 0 saturated heterocycles. The third kappa shape index (κ3) is 2.91. The van der Waals surface area contributed by atoms with Crippen molar-refractivity contribution in [3.8, 4) is 0 Å². The summed E-state index contributed by atoms with van der Waals surface area (Å²) >= 11 is 0. The molecule has 0 bridgehead atoms. The van der Waals surface area contributed by atoms with Crippen LogP contribution in [0.4, 0.5) is 11.4 Å². The minimum absolute atomic E-state index is 0.0675. The van der Waals surface area contributed by atoms with Crippen LogP contribution in [0, 0.1) is 0 Å². The van der Waals surface area contributed by atoms with Crippen LogP contribution in [0.3, 0.4) is 0 Å². The Morgan fingerprint density at radius 3 is 2.35 bits per heavy atom. The molecule has 1 fully saturated rings. The summed E-state index contributed by atoms with van der Waals surface area (Å²) in [6.45, 7) is 1.08. The summed E-state index contributed by atoms with van der Waals surface area (Å²) in [6, 6.07) is 3.62. The van der Waals surface area contributed by atoms with Crippen LogP contribution in [-0.4, -0.2) is 31.1 Å². The van der Waals surface area contributed by atoms with Crippen molar-refractivity contribution in [2.24, 2.45) is 0 Å². The van der Waals surface area contributed by atoms with Crippen molar-refractivity contribution in [1.82, 2.24) is 4.90 Å². The molecule has 1 heterocycles. The Labute approximate surface area is 135 Å². The molecule has 2 N–H and O–H groups in total. The molecule has 0 unspecified atom stereocenters. The molecule has 0 aliphatic heterocycles. The van der Waals surface area contributed by atoms with Crippen LogP contribution in [0.25, 0.3) is 0 Å². The molecule has 1 aromatic heterocycles. The van der Waals surface area contributed by atoms with Gasteiger partial charge in [-0.05, 0) is 39.1 Å². The highest BCUT2D eigenvalue weighted by Crippen LogP contribution is 2.34. The highest BCUT2D eigenvalue weighted by Gasteiger charge is 2.36. The van der Waals surface area contributed by atoms with E-state index >= 15 is 0 Å². The topological polar surface area (TPSA) is 74.6 Å². The molecule has 1 aliphatic carbocycles. The van der Waals surface area contributed by atoms with Gasteiger partial charge < -0.3 is 20.0 Å². The van der Waals surface area contributed by atoms with Crippen molar-refractivity contribution in [3.63, 3.8) is 0 Å². The van der Waals surface area contributed by atoms with Crippen molar-refractivity contribution >= 4 is 11.4 Å². The highest BCUT2D eigenvalue weighted by molar-refractivity contribution is 5.74. The van der Waals surface area contributed by atoms with Gasteiger partial charge in [0, 0.05) is 12.1 Å². The van der Waals surface area contributed by atoms with Gasteiger partial charge in [0.15, 0.2) is 0 Å². The fourth-order valence-corrected chi connectivity index (χ4v) is 3.39. The van der Waals surface area contributed by atoms with Gasteiger partial charge in [-0.2, -0.15) is 0 Å². The summed E-state index contributed by atoms with van der Waals surface area (Å²) in [6.07, 6.45) is 6.21. The van der Waals surface area contributed by atoms with Crippen LogP contribution < -0.4 is 21.5 Å². The monoisotopic (exact) mass is 317 g/mol. The Bertz CT molecular complexity index is 721. The van der Waals surface area contributed by atoms with Gasteiger partial charge in [-0.3, -0.25) is 9.59 Å². The second kappa shape index (κ2) is 6.20. The molecular weight excluding hydrogens is 294 g/mol. The zero-order valence-corrected chi connectivity index (χ0v) is 13.6. The smallest absolute Gasteiger partial charge is 0.253 e. The maximum atomic E-state index is 11.9. The van der Waals surface area contributed by atoms with Crippen molar-refractivity contribution in [2.45, 2.75) is 37.8 Å². The van der Waals surface area contributed by atoms with Crippen LogP contribution in [0.1, 0.15) is 31.4 Å². The summed E-state index contributed by atoms with van der Waals surface area (Å²) in [4.78, 5) is 25.9. The van der Waals surface area contributed by atoms with Gasteiger partial charge in [0.1, 0.15) is 17.1 Å². The first-order valence-electron chi connectivity index (χ1n) is 8.04. The summed E-state index contributed by atoms with van der Waals surface area (Å²) in [5.41, 5.74) is -0.0332. The van der Waals surface area contributed by atoms with Gasteiger partial charge >= 0.3 is 0 Å². The SMILES string of the molecule is CN(C)C1(CNc2c(NCc3ccco3)c(=O)c2=O)CCCC1. The average Bonchev–Trinajstić information content (AvgIpc) is 3.21. The second-order valence-electron chi connectivity index (χ2n) is 6.52. The minimum atomic E-state index is -0.454. The number of nitrogens with zero attached hydrogens (tertiary/aromatic N) is 1. The summed E-state index contributed by atoms with van der Waals surface area (Å²) in [5, 5.41) is 6.23. The van der Waals surface area contributed by atoms with Crippen LogP contribution in [-0.2, 0) is 6.54 Å². The van der Waals surface area contributed by atoms with E-state index in [2.05, 4.69) is 29.6 Å². The second-order valence-corrected chi connectivity index (χ2v) is 6.52. The summed E-state index contributed by atoms with van der Waals surface area (Å²) < 4.78 is 5.23. The molecule has 1 aliphatic rings. The van der Waals surface area contributed by atoms with E-state index < -0.39 is 10.9 Å². The molecule has 6 nitrogen and oxygen atoms in total. The molecule has 1 aromatic carbocycles. The lowest BCUT2D eigenvalue weighted by molar-refractivity contribution is 0.172.